The first-order valence-electron chi connectivity index (χ1n) is 7.27. The first kappa shape index (κ1) is 21.9. The lowest BCUT2D eigenvalue weighted by Crippen LogP contribution is -2.52. The lowest BCUT2D eigenvalue weighted by atomic mass is 9.95. The fourth-order valence-corrected chi connectivity index (χ4v) is 3.72. The third-order valence-electron chi connectivity index (χ3n) is 3.89. The maximum atomic E-state index is 12.6. The number of hydrogen-bond acceptors (Lipinski definition) is 4. The Morgan fingerprint density at radius 3 is 2.26 bits per heavy atom. The summed E-state index contributed by atoms with van der Waals surface area (Å²) in [4.78, 5) is 13.4. The van der Waals surface area contributed by atoms with E-state index in [1.54, 1.807) is 26.2 Å². The molecule has 8 heteroatoms. The zero-order chi connectivity index (χ0) is 17.0. The lowest BCUT2D eigenvalue weighted by molar-refractivity contribution is 0.0827. The minimum atomic E-state index is -3.74. The van der Waals surface area contributed by atoms with Crippen molar-refractivity contribution in [2.45, 2.75) is 37.1 Å². The van der Waals surface area contributed by atoms with E-state index in [1.165, 1.54) is 17.0 Å². The Morgan fingerprint density at radius 1 is 1.26 bits per heavy atom. The van der Waals surface area contributed by atoms with E-state index in [0.29, 0.717) is 18.4 Å². The quantitative estimate of drug-likeness (QED) is 0.769. The van der Waals surface area contributed by atoms with Gasteiger partial charge >= 0.3 is 0 Å². The van der Waals surface area contributed by atoms with Crippen molar-refractivity contribution < 1.29 is 13.2 Å². The molecule has 1 rings (SSSR count). The van der Waals surface area contributed by atoms with Gasteiger partial charge in [-0.2, -0.15) is 0 Å². The molecule has 132 valence electrons. The van der Waals surface area contributed by atoms with Crippen LogP contribution in [0.15, 0.2) is 29.2 Å². The molecule has 0 aliphatic carbocycles. The zero-order valence-corrected chi connectivity index (χ0v) is 15.6. The number of sulfonamides is 1. The monoisotopic (exact) mass is 363 g/mol. The molecule has 0 aliphatic rings. The Balaban J connectivity index is 0.00000484. The molecule has 0 radical (unpaired) electrons. The second-order valence-corrected chi connectivity index (χ2v) is 7.21. The van der Waals surface area contributed by atoms with E-state index >= 15 is 0 Å². The summed E-state index contributed by atoms with van der Waals surface area (Å²) in [6.07, 6.45) is 1.19. The highest BCUT2D eigenvalue weighted by Gasteiger charge is 2.31. The van der Waals surface area contributed by atoms with Gasteiger partial charge in [0.1, 0.15) is 0 Å². The molecule has 1 aromatic rings. The number of nitrogens with one attached hydrogen (secondary N) is 1. The Kier molecular flexibility index (Phi) is 8.20. The molecule has 0 atom stereocenters. The normalized spacial score (nSPS) is 11.7. The SMILES string of the molecule is CCC(CC)(CN)NS(=O)(=O)c1cccc(C(=O)N(C)C)c1.Cl. The average Bonchev–Trinajstić information content (AvgIpc) is 2.52. The predicted octanol–water partition coefficient (Wildman–Crippen LogP) is 1.61. The van der Waals surface area contributed by atoms with Crippen LogP contribution in [0.3, 0.4) is 0 Å². The fourth-order valence-electron chi connectivity index (χ4n) is 2.12. The molecular weight excluding hydrogens is 338 g/mol. The van der Waals surface area contributed by atoms with Crippen LogP contribution in [0.25, 0.3) is 0 Å². The number of rotatable bonds is 7. The molecule has 0 spiro atoms. The number of benzene rings is 1. The Hall–Kier alpha value is -1.15. The molecule has 0 aromatic heterocycles. The topological polar surface area (TPSA) is 92.5 Å². The number of amides is 1. The van der Waals surface area contributed by atoms with Crippen LogP contribution < -0.4 is 10.5 Å². The molecular formula is C15H26ClN3O3S. The second-order valence-electron chi connectivity index (χ2n) is 5.52. The van der Waals surface area contributed by atoms with E-state index < -0.39 is 15.6 Å². The van der Waals surface area contributed by atoms with Crippen LogP contribution in [0, 0.1) is 0 Å². The third-order valence-corrected chi connectivity index (χ3v) is 5.47. The molecule has 0 saturated heterocycles. The summed E-state index contributed by atoms with van der Waals surface area (Å²) < 4.78 is 27.8. The molecule has 0 aliphatic heterocycles. The fraction of sp³-hybridized carbons (Fsp3) is 0.533. The standard InChI is InChI=1S/C15H25N3O3S.ClH/c1-5-15(6-2,11-16)17-22(20,21)13-9-7-8-12(10-13)14(19)18(3)4;/h7-10,17H,5-6,11,16H2,1-4H3;1H. The smallest absolute Gasteiger partial charge is 0.253 e. The number of carbonyl (C=O) groups excluding carboxylic acids is 1. The predicted molar refractivity (Wildman–Crippen MR) is 94.4 cm³/mol. The molecule has 1 aromatic carbocycles. The maximum Gasteiger partial charge on any atom is 0.253 e. The van der Waals surface area contributed by atoms with E-state index in [-0.39, 0.29) is 29.8 Å². The van der Waals surface area contributed by atoms with Crippen LogP contribution in [0.2, 0.25) is 0 Å². The Labute approximate surface area is 144 Å². The van der Waals surface area contributed by atoms with Gasteiger partial charge in [-0.3, -0.25) is 4.79 Å². The van der Waals surface area contributed by atoms with E-state index in [4.69, 9.17) is 5.73 Å². The Morgan fingerprint density at radius 2 is 1.83 bits per heavy atom. The van der Waals surface area contributed by atoms with Crippen LogP contribution in [0.1, 0.15) is 37.0 Å². The van der Waals surface area contributed by atoms with E-state index in [1.807, 2.05) is 13.8 Å². The average molecular weight is 364 g/mol. The molecule has 0 fully saturated rings. The van der Waals surface area contributed by atoms with Gasteiger partial charge in [0.15, 0.2) is 0 Å². The van der Waals surface area contributed by atoms with Gasteiger partial charge in [0.2, 0.25) is 10.0 Å². The van der Waals surface area contributed by atoms with Crippen molar-refractivity contribution in [2.24, 2.45) is 5.73 Å². The van der Waals surface area contributed by atoms with E-state index in [0.717, 1.165) is 0 Å². The van der Waals surface area contributed by atoms with Gasteiger partial charge < -0.3 is 10.6 Å². The van der Waals surface area contributed by atoms with E-state index in [2.05, 4.69) is 4.72 Å². The van der Waals surface area contributed by atoms with Gasteiger partial charge in [-0.05, 0) is 31.0 Å². The van der Waals surface area contributed by atoms with Crippen LogP contribution in [-0.2, 0) is 10.0 Å². The summed E-state index contributed by atoms with van der Waals surface area (Å²) >= 11 is 0. The van der Waals surface area contributed by atoms with Gasteiger partial charge in [0, 0.05) is 31.7 Å². The molecule has 3 N–H and O–H groups in total. The highest BCUT2D eigenvalue weighted by molar-refractivity contribution is 7.89. The van der Waals surface area contributed by atoms with Crippen molar-refractivity contribution >= 4 is 28.3 Å². The molecule has 0 bridgehead atoms. The van der Waals surface area contributed by atoms with Crippen molar-refractivity contribution in [3.05, 3.63) is 29.8 Å². The van der Waals surface area contributed by atoms with Crippen molar-refractivity contribution in [1.29, 1.82) is 0 Å². The second kappa shape index (κ2) is 8.63. The minimum Gasteiger partial charge on any atom is -0.345 e. The van der Waals surface area contributed by atoms with Crippen LogP contribution in [0.4, 0.5) is 0 Å². The molecule has 0 heterocycles. The summed E-state index contributed by atoms with van der Waals surface area (Å²) in [6.45, 7) is 4.01. The lowest BCUT2D eigenvalue weighted by Gasteiger charge is -2.31. The maximum absolute atomic E-state index is 12.6. The van der Waals surface area contributed by atoms with Crippen LogP contribution >= 0.6 is 12.4 Å². The first-order valence-corrected chi connectivity index (χ1v) is 8.75. The summed E-state index contributed by atoms with van der Waals surface area (Å²) in [5.74, 6) is -0.242. The van der Waals surface area contributed by atoms with Gasteiger partial charge in [-0.25, -0.2) is 13.1 Å². The molecule has 0 saturated carbocycles. The summed E-state index contributed by atoms with van der Waals surface area (Å²) in [6, 6.07) is 6.02. The van der Waals surface area contributed by atoms with Crippen molar-refractivity contribution in [2.75, 3.05) is 20.6 Å². The van der Waals surface area contributed by atoms with Gasteiger partial charge in [0.25, 0.3) is 5.91 Å². The Bertz CT molecular complexity index is 620. The van der Waals surface area contributed by atoms with Crippen molar-refractivity contribution in [3.8, 4) is 0 Å². The largest absolute Gasteiger partial charge is 0.345 e. The number of nitrogens with zero attached hydrogens (tertiary/aromatic N) is 1. The van der Waals surface area contributed by atoms with E-state index in [9.17, 15) is 13.2 Å². The number of hydrogen-bond donors (Lipinski definition) is 2. The first-order chi connectivity index (χ1) is 10.2. The molecule has 1 amide bonds. The highest BCUT2D eigenvalue weighted by Crippen LogP contribution is 2.19. The van der Waals surface area contributed by atoms with Crippen molar-refractivity contribution in [1.82, 2.24) is 9.62 Å². The van der Waals surface area contributed by atoms with Gasteiger partial charge in [0.05, 0.1) is 4.90 Å². The van der Waals surface area contributed by atoms with Crippen molar-refractivity contribution in [3.63, 3.8) is 0 Å². The summed E-state index contributed by atoms with van der Waals surface area (Å²) in [7, 11) is -0.496. The molecule has 0 unspecified atom stereocenters. The van der Waals surface area contributed by atoms with Gasteiger partial charge in [-0.1, -0.05) is 19.9 Å². The minimum absolute atomic E-state index is 0. The van der Waals surface area contributed by atoms with Crippen LogP contribution in [-0.4, -0.2) is 45.4 Å². The zero-order valence-electron chi connectivity index (χ0n) is 14.0. The van der Waals surface area contributed by atoms with Crippen LogP contribution in [0.5, 0.6) is 0 Å². The molecule has 23 heavy (non-hydrogen) atoms. The number of carbonyl (C=O) groups is 1. The number of nitrogens with two attached hydrogens (primary N) is 1. The highest BCUT2D eigenvalue weighted by atomic mass is 35.5. The molecule has 6 nitrogen and oxygen atoms in total. The summed E-state index contributed by atoms with van der Waals surface area (Å²) in [5.41, 5.74) is 5.41. The number of halogens is 1. The third kappa shape index (κ3) is 5.17. The summed E-state index contributed by atoms with van der Waals surface area (Å²) in [5, 5.41) is 0. The van der Waals surface area contributed by atoms with Gasteiger partial charge in [-0.15, -0.1) is 12.4 Å².